The largest absolute Gasteiger partial charge is 0.497 e. The fraction of sp³-hybridized carbons (Fsp3) is 0.217. The molecule has 0 amide bonds. The lowest BCUT2D eigenvalue weighted by Gasteiger charge is -2.14. The fourth-order valence-electron chi connectivity index (χ4n) is 3.43. The van der Waals surface area contributed by atoms with Gasteiger partial charge in [-0.05, 0) is 37.3 Å². The van der Waals surface area contributed by atoms with E-state index >= 15 is 0 Å². The number of rotatable bonds is 6. The number of ether oxygens (including phenoxy) is 2. The maximum atomic E-state index is 12.5. The zero-order chi connectivity index (χ0) is 21.3. The van der Waals surface area contributed by atoms with Crippen molar-refractivity contribution in [1.82, 2.24) is 0 Å². The van der Waals surface area contributed by atoms with Crippen molar-refractivity contribution >= 4 is 21.7 Å². The van der Waals surface area contributed by atoms with E-state index in [-0.39, 0.29) is 11.5 Å². The van der Waals surface area contributed by atoms with E-state index in [1.807, 2.05) is 43.3 Å². The normalized spacial score (nSPS) is 15.5. The molecule has 0 bridgehead atoms. The Bertz CT molecular complexity index is 1170. The Morgan fingerprint density at radius 1 is 1.07 bits per heavy atom. The number of hydrogen-bond donors (Lipinski definition) is 0. The minimum Gasteiger partial charge on any atom is -0.497 e. The fourth-order valence-corrected chi connectivity index (χ4v) is 4.61. The molecule has 1 aliphatic heterocycles. The monoisotopic (exact) mass is 444 g/mol. The molecule has 0 spiro atoms. The molecular weight excluding hydrogens is 424 g/mol. The van der Waals surface area contributed by atoms with Crippen molar-refractivity contribution in [2.45, 2.75) is 24.3 Å². The van der Waals surface area contributed by atoms with E-state index in [9.17, 15) is 8.42 Å². The van der Waals surface area contributed by atoms with Crippen LogP contribution in [-0.2, 0) is 20.7 Å². The van der Waals surface area contributed by atoms with Gasteiger partial charge < -0.3 is 9.47 Å². The Morgan fingerprint density at radius 3 is 2.50 bits per heavy atom. The highest BCUT2D eigenvalue weighted by Gasteiger charge is 2.29. The van der Waals surface area contributed by atoms with Crippen LogP contribution in [0.2, 0.25) is 5.02 Å². The third kappa shape index (κ3) is 4.17. The van der Waals surface area contributed by atoms with Crippen LogP contribution in [0, 0.1) is 6.92 Å². The molecule has 0 saturated heterocycles. The molecule has 1 aliphatic rings. The van der Waals surface area contributed by atoms with Crippen molar-refractivity contribution in [1.29, 1.82) is 0 Å². The van der Waals surface area contributed by atoms with E-state index in [1.165, 1.54) is 12.1 Å². The highest BCUT2D eigenvalue weighted by Crippen LogP contribution is 2.44. The molecule has 30 heavy (non-hydrogen) atoms. The summed E-state index contributed by atoms with van der Waals surface area (Å²) in [5.74, 6) is 1.35. The SMILES string of the molecule is COc1cc2c(c(-c3ccccc3Cl)c1)OC(COS(=O)(=O)c1ccc(C)cc1)C2. The lowest BCUT2D eigenvalue weighted by Crippen LogP contribution is -2.23. The first-order chi connectivity index (χ1) is 14.4. The van der Waals surface area contributed by atoms with Crippen molar-refractivity contribution < 1.29 is 22.1 Å². The highest BCUT2D eigenvalue weighted by molar-refractivity contribution is 7.86. The summed E-state index contributed by atoms with van der Waals surface area (Å²) in [7, 11) is -2.26. The average Bonchev–Trinajstić information content (AvgIpc) is 3.15. The standard InChI is InChI=1S/C23H21ClO5S/c1-15-7-9-19(10-8-15)30(25,26)28-14-18-12-16-11-17(27-2)13-21(23(16)29-18)20-5-3-4-6-22(20)24/h3-11,13,18H,12,14H2,1-2H3. The van der Waals surface area contributed by atoms with E-state index in [4.69, 9.17) is 25.3 Å². The van der Waals surface area contributed by atoms with E-state index in [0.29, 0.717) is 22.9 Å². The Balaban J connectivity index is 1.56. The van der Waals surface area contributed by atoms with Crippen molar-refractivity contribution in [2.75, 3.05) is 13.7 Å². The number of benzene rings is 3. The molecule has 0 aliphatic carbocycles. The molecule has 0 aromatic heterocycles. The lowest BCUT2D eigenvalue weighted by molar-refractivity contribution is 0.152. The molecular formula is C23H21ClO5S. The zero-order valence-corrected chi connectivity index (χ0v) is 18.2. The summed E-state index contributed by atoms with van der Waals surface area (Å²) in [5, 5.41) is 0.596. The molecule has 0 saturated carbocycles. The van der Waals surface area contributed by atoms with Crippen LogP contribution in [0.3, 0.4) is 0 Å². The summed E-state index contributed by atoms with van der Waals surface area (Å²) in [6.45, 7) is 1.81. The molecule has 5 nitrogen and oxygen atoms in total. The van der Waals surface area contributed by atoms with Crippen molar-refractivity contribution in [3.8, 4) is 22.6 Å². The zero-order valence-electron chi connectivity index (χ0n) is 16.6. The van der Waals surface area contributed by atoms with Crippen LogP contribution in [0.25, 0.3) is 11.1 Å². The third-order valence-electron chi connectivity index (χ3n) is 4.99. The molecule has 156 valence electrons. The Kier molecular flexibility index (Phi) is 5.73. The predicted molar refractivity (Wildman–Crippen MR) is 116 cm³/mol. The molecule has 0 radical (unpaired) electrons. The number of methoxy groups -OCH3 is 1. The molecule has 4 rings (SSSR count). The second-order valence-electron chi connectivity index (χ2n) is 7.14. The van der Waals surface area contributed by atoms with Gasteiger partial charge in [-0.15, -0.1) is 0 Å². The third-order valence-corrected chi connectivity index (χ3v) is 6.62. The highest BCUT2D eigenvalue weighted by atomic mass is 35.5. The van der Waals surface area contributed by atoms with Gasteiger partial charge in [-0.2, -0.15) is 8.42 Å². The van der Waals surface area contributed by atoms with Crippen LogP contribution >= 0.6 is 11.6 Å². The maximum absolute atomic E-state index is 12.5. The molecule has 0 N–H and O–H groups in total. The summed E-state index contributed by atoms with van der Waals surface area (Å²) in [6, 6.07) is 17.8. The van der Waals surface area contributed by atoms with E-state index in [1.54, 1.807) is 19.2 Å². The van der Waals surface area contributed by atoms with Gasteiger partial charge in [0.25, 0.3) is 10.1 Å². The van der Waals surface area contributed by atoms with Crippen LogP contribution < -0.4 is 9.47 Å². The second-order valence-corrected chi connectivity index (χ2v) is 9.16. The summed E-state index contributed by atoms with van der Waals surface area (Å²) in [4.78, 5) is 0.127. The van der Waals surface area contributed by atoms with Gasteiger partial charge in [0.1, 0.15) is 24.2 Å². The number of halogens is 1. The minimum absolute atomic E-state index is 0.0881. The van der Waals surface area contributed by atoms with Crippen LogP contribution in [0.15, 0.2) is 65.6 Å². The van der Waals surface area contributed by atoms with Crippen molar-refractivity contribution in [3.63, 3.8) is 0 Å². The van der Waals surface area contributed by atoms with Gasteiger partial charge in [0, 0.05) is 28.1 Å². The summed E-state index contributed by atoms with van der Waals surface area (Å²) < 4.78 is 41.8. The second kappa shape index (κ2) is 8.30. The maximum Gasteiger partial charge on any atom is 0.297 e. The van der Waals surface area contributed by atoms with Gasteiger partial charge >= 0.3 is 0 Å². The number of fused-ring (bicyclic) bond motifs is 1. The molecule has 3 aromatic rings. The summed E-state index contributed by atoms with van der Waals surface area (Å²) in [5.41, 5.74) is 3.53. The number of aryl methyl sites for hydroxylation is 1. The molecule has 1 heterocycles. The molecule has 1 atom stereocenters. The minimum atomic E-state index is -3.86. The average molecular weight is 445 g/mol. The van der Waals surface area contributed by atoms with Gasteiger partial charge in [0.2, 0.25) is 0 Å². The molecule has 7 heteroatoms. The summed E-state index contributed by atoms with van der Waals surface area (Å²) >= 11 is 6.39. The van der Waals surface area contributed by atoms with Gasteiger partial charge in [0.15, 0.2) is 0 Å². The molecule has 3 aromatic carbocycles. The molecule has 1 unspecified atom stereocenters. The first-order valence-electron chi connectivity index (χ1n) is 9.46. The quantitative estimate of drug-likeness (QED) is 0.499. The first-order valence-corrected chi connectivity index (χ1v) is 11.2. The van der Waals surface area contributed by atoms with Crippen molar-refractivity contribution in [3.05, 3.63) is 76.8 Å². The van der Waals surface area contributed by atoms with Crippen LogP contribution in [0.5, 0.6) is 11.5 Å². The van der Waals surface area contributed by atoms with Crippen molar-refractivity contribution in [2.24, 2.45) is 0 Å². The smallest absolute Gasteiger partial charge is 0.297 e. The van der Waals surface area contributed by atoms with Crippen LogP contribution in [-0.4, -0.2) is 28.2 Å². The van der Waals surface area contributed by atoms with Crippen LogP contribution in [0.4, 0.5) is 0 Å². The van der Waals surface area contributed by atoms with Gasteiger partial charge in [-0.3, -0.25) is 4.18 Å². The Labute approximate surface area is 181 Å². The van der Waals surface area contributed by atoms with Gasteiger partial charge in [-0.1, -0.05) is 47.5 Å². The Hall–Kier alpha value is -2.54. The Morgan fingerprint density at radius 2 is 1.80 bits per heavy atom. The van der Waals surface area contributed by atoms with Gasteiger partial charge in [-0.25, -0.2) is 0 Å². The van der Waals surface area contributed by atoms with E-state index in [2.05, 4.69) is 0 Å². The lowest BCUT2D eigenvalue weighted by atomic mass is 10.00. The topological polar surface area (TPSA) is 61.8 Å². The number of hydrogen-bond acceptors (Lipinski definition) is 5. The van der Waals surface area contributed by atoms with Crippen LogP contribution in [0.1, 0.15) is 11.1 Å². The predicted octanol–water partition coefficient (Wildman–Crippen LogP) is 5.03. The summed E-state index contributed by atoms with van der Waals surface area (Å²) in [6.07, 6.45) is 0.0708. The van der Waals surface area contributed by atoms with Gasteiger partial charge in [0.05, 0.1) is 12.0 Å². The van der Waals surface area contributed by atoms with E-state index in [0.717, 1.165) is 22.3 Å². The van der Waals surface area contributed by atoms with E-state index < -0.39 is 16.2 Å². The molecule has 0 fully saturated rings. The first kappa shape index (κ1) is 20.7.